The molecule has 1 aliphatic rings. The molecule has 0 spiro atoms. The summed E-state index contributed by atoms with van der Waals surface area (Å²) in [5, 5.41) is 10.7. The molecule has 1 aromatic heterocycles. The number of aliphatic imine (C=N–C) groups is 1. The Bertz CT molecular complexity index is 975. The first-order valence-electron chi connectivity index (χ1n) is 9.32. The van der Waals surface area contributed by atoms with Crippen LogP contribution in [0.1, 0.15) is 53.5 Å². The first kappa shape index (κ1) is 24.7. The minimum Gasteiger partial charge on any atom is -0.444 e. The Kier molecular flexibility index (Phi) is 6.71. The predicted molar refractivity (Wildman–Crippen MR) is 115 cm³/mol. The van der Waals surface area contributed by atoms with Crippen LogP contribution >= 0.6 is 15.9 Å². The second kappa shape index (κ2) is 8.16. The van der Waals surface area contributed by atoms with Crippen LogP contribution in [0.2, 0.25) is 0 Å². The van der Waals surface area contributed by atoms with Crippen LogP contribution in [-0.2, 0) is 20.1 Å². The van der Waals surface area contributed by atoms with E-state index in [1.54, 1.807) is 20.8 Å². The molecule has 1 aromatic rings. The number of hydrogen-bond acceptors (Lipinski definition) is 7. The van der Waals surface area contributed by atoms with Crippen molar-refractivity contribution >= 4 is 37.7 Å². The molecule has 2 rings (SSSR count). The summed E-state index contributed by atoms with van der Waals surface area (Å²) in [7, 11) is -4.06. The lowest BCUT2D eigenvalue weighted by atomic mass is 9.87. The third kappa shape index (κ3) is 4.52. The van der Waals surface area contributed by atoms with Gasteiger partial charge < -0.3 is 9.84 Å². The lowest BCUT2D eigenvalue weighted by Crippen LogP contribution is -2.62. The van der Waals surface area contributed by atoms with Crippen molar-refractivity contribution in [2.45, 2.75) is 69.1 Å². The molecule has 1 amide bonds. The van der Waals surface area contributed by atoms with E-state index in [9.17, 15) is 22.7 Å². The number of pyridine rings is 1. The molecule has 0 saturated carbocycles. The maximum atomic E-state index is 14.7. The molecular formula is C19H27BrFN3O5S. The van der Waals surface area contributed by atoms with E-state index < -0.39 is 49.6 Å². The third-order valence-electron chi connectivity index (χ3n) is 4.99. The zero-order valence-electron chi connectivity index (χ0n) is 17.8. The van der Waals surface area contributed by atoms with Gasteiger partial charge in [-0.3, -0.25) is 10.3 Å². The summed E-state index contributed by atoms with van der Waals surface area (Å²) in [4.78, 5) is 20.5. The number of amides is 1. The molecule has 0 aliphatic carbocycles. The van der Waals surface area contributed by atoms with Gasteiger partial charge in [-0.1, -0.05) is 0 Å². The lowest BCUT2D eigenvalue weighted by molar-refractivity contribution is 0.0560. The van der Waals surface area contributed by atoms with Gasteiger partial charge in [0.05, 0.1) is 5.25 Å². The molecule has 0 radical (unpaired) electrons. The second-order valence-corrected chi connectivity index (χ2v) is 12.4. The quantitative estimate of drug-likeness (QED) is 0.606. The highest BCUT2D eigenvalue weighted by atomic mass is 79.9. The first-order chi connectivity index (χ1) is 13.6. The van der Waals surface area contributed by atoms with Gasteiger partial charge in [-0.15, -0.1) is 0 Å². The number of carbonyl (C=O) groups is 1. The van der Waals surface area contributed by atoms with Crippen LogP contribution in [0.15, 0.2) is 21.7 Å². The smallest absolute Gasteiger partial charge is 0.413 e. The van der Waals surface area contributed by atoms with Gasteiger partial charge >= 0.3 is 6.09 Å². The van der Waals surface area contributed by atoms with Crippen LogP contribution < -0.4 is 5.32 Å². The summed E-state index contributed by atoms with van der Waals surface area (Å²) in [5.74, 6) is -1.06. The van der Waals surface area contributed by atoms with E-state index in [0.29, 0.717) is 4.47 Å². The van der Waals surface area contributed by atoms with Crippen molar-refractivity contribution in [3.63, 3.8) is 0 Å². The number of aromatic nitrogens is 1. The predicted octanol–water partition coefficient (Wildman–Crippen LogP) is 3.08. The van der Waals surface area contributed by atoms with Crippen molar-refractivity contribution in [3.8, 4) is 0 Å². The minimum atomic E-state index is -4.06. The fourth-order valence-electron chi connectivity index (χ4n) is 3.37. The Balaban J connectivity index is 2.73. The van der Waals surface area contributed by atoms with Gasteiger partial charge in [0.2, 0.25) is 5.95 Å². The van der Waals surface area contributed by atoms with Crippen molar-refractivity contribution < 1.29 is 27.4 Å². The molecule has 1 aliphatic heterocycles. The Morgan fingerprint density at radius 1 is 1.37 bits per heavy atom. The number of alkyl carbamates (subject to hydrolysis) is 1. The zero-order valence-corrected chi connectivity index (χ0v) is 20.2. The lowest BCUT2D eigenvalue weighted by Gasteiger charge is -2.44. The molecule has 1 unspecified atom stereocenters. The number of halogens is 2. The summed E-state index contributed by atoms with van der Waals surface area (Å²) >= 11 is 3.22. The highest BCUT2D eigenvalue weighted by molar-refractivity contribution is 9.10. The highest BCUT2D eigenvalue weighted by Crippen LogP contribution is 2.45. The van der Waals surface area contributed by atoms with Crippen molar-refractivity contribution in [2.24, 2.45) is 4.99 Å². The Morgan fingerprint density at radius 3 is 2.50 bits per heavy atom. The first-order valence-corrected chi connectivity index (χ1v) is 11.7. The van der Waals surface area contributed by atoms with Crippen LogP contribution in [0, 0.1) is 5.95 Å². The van der Waals surface area contributed by atoms with Crippen LogP contribution in [0.3, 0.4) is 0 Å². The molecule has 8 nitrogen and oxygen atoms in total. The average molecular weight is 508 g/mol. The van der Waals surface area contributed by atoms with E-state index in [2.05, 4.69) is 31.2 Å². The van der Waals surface area contributed by atoms with Gasteiger partial charge in [-0.05, 0) is 70.0 Å². The number of rotatable bonds is 3. The van der Waals surface area contributed by atoms with Crippen LogP contribution in [0.5, 0.6) is 0 Å². The number of nitrogens with zero attached hydrogens (tertiary/aromatic N) is 2. The van der Waals surface area contributed by atoms with Crippen molar-refractivity contribution in [2.75, 3.05) is 6.61 Å². The maximum absolute atomic E-state index is 14.7. The second-order valence-electron chi connectivity index (χ2n) is 8.78. The van der Waals surface area contributed by atoms with Gasteiger partial charge in [-0.25, -0.2) is 18.2 Å². The molecule has 11 heteroatoms. The molecule has 168 valence electrons. The fourth-order valence-corrected chi connectivity index (χ4v) is 5.98. The molecular weight excluding hydrogens is 481 g/mol. The molecule has 0 bridgehead atoms. The average Bonchev–Trinajstić information content (AvgIpc) is 2.58. The number of aliphatic hydroxyl groups excluding tert-OH is 1. The number of carbonyl (C=O) groups excluding carboxylic acids is 1. The number of ether oxygens (including phenoxy) is 1. The van der Waals surface area contributed by atoms with E-state index in [0.717, 1.165) is 0 Å². The summed E-state index contributed by atoms with van der Waals surface area (Å²) in [5.41, 5.74) is -2.54. The number of amidine groups is 1. The van der Waals surface area contributed by atoms with Crippen molar-refractivity contribution in [1.82, 2.24) is 10.3 Å². The van der Waals surface area contributed by atoms with E-state index >= 15 is 0 Å². The van der Waals surface area contributed by atoms with E-state index in [4.69, 9.17) is 4.74 Å². The number of sulfone groups is 1. The summed E-state index contributed by atoms with van der Waals surface area (Å²) in [6, 6.07) is 1.40. The zero-order chi connectivity index (χ0) is 23.1. The van der Waals surface area contributed by atoms with Crippen LogP contribution in [0.4, 0.5) is 9.18 Å². The van der Waals surface area contributed by atoms with Gasteiger partial charge in [0.15, 0.2) is 9.84 Å². The van der Waals surface area contributed by atoms with Crippen LogP contribution in [-0.4, -0.2) is 52.6 Å². The minimum absolute atomic E-state index is 0.0714. The molecule has 2 atom stereocenters. The van der Waals surface area contributed by atoms with Crippen molar-refractivity contribution in [3.05, 3.63) is 28.2 Å². The van der Waals surface area contributed by atoms with Gasteiger partial charge in [0.25, 0.3) is 0 Å². The van der Waals surface area contributed by atoms with Crippen LogP contribution in [0.25, 0.3) is 0 Å². The number of nitrogens with one attached hydrogen (secondary N) is 1. The van der Waals surface area contributed by atoms with Gasteiger partial charge in [0.1, 0.15) is 21.7 Å². The Hall–Kier alpha value is -1.59. The molecule has 30 heavy (non-hydrogen) atoms. The normalized spacial score (nSPS) is 25.4. The molecule has 0 aromatic carbocycles. The molecule has 2 N–H and O–H groups in total. The standard InChI is InChI=1S/C19H27BrFN3O5S/c1-17(2,3)29-16(26)23-15-18(4,5)30(27,28)13(7-8-25)19(6,24-15)12-9-11(20)10-22-14(12)21/h9-10,13,25H,7-8H2,1-6H3,(H,23,24,26)/t13?,19-/m1/s1. The van der Waals surface area contributed by atoms with E-state index in [1.165, 1.54) is 33.0 Å². The fraction of sp³-hybridized carbons (Fsp3) is 0.632. The van der Waals surface area contributed by atoms with Crippen molar-refractivity contribution in [1.29, 1.82) is 0 Å². The molecule has 0 fully saturated rings. The molecule has 2 heterocycles. The summed E-state index contributed by atoms with van der Waals surface area (Å²) in [6.07, 6.45) is 0.200. The Morgan fingerprint density at radius 2 is 1.97 bits per heavy atom. The number of hydrogen-bond donors (Lipinski definition) is 2. The Labute approximate surface area is 184 Å². The van der Waals surface area contributed by atoms with Gasteiger partial charge in [0, 0.05) is 22.8 Å². The molecule has 0 saturated heterocycles. The van der Waals surface area contributed by atoms with Gasteiger partial charge in [-0.2, -0.15) is 4.39 Å². The number of aliphatic hydroxyl groups is 1. The summed E-state index contributed by atoms with van der Waals surface area (Å²) in [6.45, 7) is 8.81. The SMILES string of the molecule is CC(C)(C)OC(=O)NC1=N[C@](C)(c2cc(Br)cnc2F)C(CCO)S(=O)(=O)C1(C)C. The third-order valence-corrected chi connectivity index (χ3v) is 8.48. The topological polar surface area (TPSA) is 118 Å². The summed E-state index contributed by atoms with van der Waals surface area (Å²) < 4.78 is 45.8. The monoisotopic (exact) mass is 507 g/mol. The van der Waals surface area contributed by atoms with E-state index in [-0.39, 0.29) is 17.8 Å². The largest absolute Gasteiger partial charge is 0.444 e. The van der Waals surface area contributed by atoms with E-state index in [1.807, 2.05) is 0 Å². The maximum Gasteiger partial charge on any atom is 0.413 e. The highest BCUT2D eigenvalue weighted by Gasteiger charge is 2.57.